The second kappa shape index (κ2) is 11.2. The molecule has 0 aliphatic carbocycles. The van der Waals surface area contributed by atoms with Crippen LogP contribution in [0.2, 0.25) is 0 Å². The number of nitrogens with one attached hydrogen (secondary N) is 1. The average Bonchev–Trinajstić information content (AvgIpc) is 2.89. The van der Waals surface area contributed by atoms with Crippen LogP contribution < -0.4 is 10.1 Å². The minimum atomic E-state index is -3.78. The molecule has 12 heteroatoms. The van der Waals surface area contributed by atoms with E-state index in [4.69, 9.17) is 4.74 Å². The normalized spacial score (nSPS) is 14.1. The van der Waals surface area contributed by atoms with Crippen LogP contribution >= 0.6 is 15.9 Å². The Bertz CT molecular complexity index is 1450. The Hall–Kier alpha value is -3.61. The SMILES string of the molecule is O=C(Nc1cccc(OC(=O)c2ccc(Br)c(S(=O)(=O)N3CCCCC3)c2)c1)c1ccc([N+](=O)[O-])cc1. The Morgan fingerprint density at radius 3 is 2.30 bits per heavy atom. The van der Waals surface area contributed by atoms with Crippen molar-refractivity contribution in [2.75, 3.05) is 18.4 Å². The quantitative estimate of drug-likeness (QED) is 0.178. The van der Waals surface area contributed by atoms with E-state index in [1.807, 2.05) is 0 Å². The number of esters is 1. The van der Waals surface area contributed by atoms with Crippen LogP contribution in [0.5, 0.6) is 5.75 Å². The summed E-state index contributed by atoms with van der Waals surface area (Å²) in [6, 6.07) is 15.5. The van der Waals surface area contributed by atoms with Crippen molar-refractivity contribution in [1.82, 2.24) is 4.31 Å². The number of nitro groups is 1. The molecular weight excluding hydrogens is 566 g/mol. The molecule has 4 rings (SSSR count). The monoisotopic (exact) mass is 587 g/mol. The van der Waals surface area contributed by atoms with Crippen LogP contribution in [0.15, 0.2) is 76.1 Å². The number of non-ortho nitro benzene ring substituents is 1. The van der Waals surface area contributed by atoms with Crippen LogP contribution in [0, 0.1) is 10.1 Å². The number of halogens is 1. The molecule has 1 saturated heterocycles. The molecule has 3 aromatic rings. The van der Waals surface area contributed by atoms with Gasteiger partial charge in [-0.25, -0.2) is 13.2 Å². The lowest BCUT2D eigenvalue weighted by Crippen LogP contribution is -2.35. The van der Waals surface area contributed by atoms with Crippen molar-refractivity contribution in [1.29, 1.82) is 0 Å². The summed E-state index contributed by atoms with van der Waals surface area (Å²) in [6.07, 6.45) is 2.55. The maximum atomic E-state index is 13.1. The van der Waals surface area contributed by atoms with Crippen molar-refractivity contribution >= 4 is 49.2 Å². The number of hydrogen-bond acceptors (Lipinski definition) is 7. The highest BCUT2D eigenvalue weighted by Crippen LogP contribution is 2.29. The van der Waals surface area contributed by atoms with Crippen LogP contribution in [-0.2, 0) is 10.0 Å². The summed E-state index contributed by atoms with van der Waals surface area (Å²) >= 11 is 3.28. The van der Waals surface area contributed by atoms with E-state index >= 15 is 0 Å². The first-order valence-electron chi connectivity index (χ1n) is 11.3. The molecule has 0 bridgehead atoms. The van der Waals surface area contributed by atoms with Crippen LogP contribution in [-0.4, -0.2) is 42.6 Å². The van der Waals surface area contributed by atoms with Gasteiger partial charge in [0.15, 0.2) is 0 Å². The Morgan fingerprint density at radius 2 is 1.62 bits per heavy atom. The Balaban J connectivity index is 1.48. The number of anilines is 1. The standard InChI is InChI=1S/C25H22BrN3O7S/c26-22-12-9-18(15-23(22)37(34,35)28-13-2-1-3-14-28)25(31)36-21-6-4-5-19(16-21)27-24(30)17-7-10-20(11-8-17)29(32)33/h4-12,15-16H,1-3,13-14H2,(H,27,30). The van der Waals surface area contributed by atoms with Gasteiger partial charge in [-0.1, -0.05) is 12.5 Å². The van der Waals surface area contributed by atoms with E-state index in [9.17, 15) is 28.1 Å². The number of nitrogens with zero attached hydrogens (tertiary/aromatic N) is 2. The summed E-state index contributed by atoms with van der Waals surface area (Å²) in [4.78, 5) is 35.5. The third-order valence-electron chi connectivity index (χ3n) is 5.74. The number of sulfonamides is 1. The molecule has 1 heterocycles. The number of piperidine rings is 1. The number of carbonyl (C=O) groups is 2. The first-order valence-corrected chi connectivity index (χ1v) is 13.6. The number of carbonyl (C=O) groups excluding carboxylic acids is 2. The molecule has 1 fully saturated rings. The van der Waals surface area contributed by atoms with Crippen molar-refractivity contribution < 1.29 is 27.7 Å². The predicted molar refractivity (Wildman–Crippen MR) is 139 cm³/mol. The van der Waals surface area contributed by atoms with Crippen LogP contribution in [0.25, 0.3) is 0 Å². The number of nitro benzene ring substituents is 1. The molecule has 0 unspecified atom stereocenters. The molecule has 1 amide bonds. The van der Waals surface area contributed by atoms with Gasteiger partial charge in [0.25, 0.3) is 11.6 Å². The van der Waals surface area contributed by atoms with Gasteiger partial charge >= 0.3 is 5.97 Å². The van der Waals surface area contributed by atoms with Crippen LogP contribution in [0.1, 0.15) is 40.0 Å². The molecule has 192 valence electrons. The third-order valence-corrected chi connectivity index (χ3v) is 8.64. The van der Waals surface area contributed by atoms with E-state index in [1.165, 1.54) is 58.9 Å². The maximum absolute atomic E-state index is 13.1. The summed E-state index contributed by atoms with van der Waals surface area (Å²) in [6.45, 7) is 0.865. The summed E-state index contributed by atoms with van der Waals surface area (Å²) in [5.41, 5.74) is 0.465. The topological polar surface area (TPSA) is 136 Å². The summed E-state index contributed by atoms with van der Waals surface area (Å²) in [5.74, 6) is -1.13. The lowest BCUT2D eigenvalue weighted by atomic mass is 10.2. The zero-order valence-electron chi connectivity index (χ0n) is 19.4. The molecule has 1 aliphatic heterocycles. The van der Waals surface area contributed by atoms with Gasteiger partial charge in [0.1, 0.15) is 5.75 Å². The Morgan fingerprint density at radius 1 is 0.946 bits per heavy atom. The maximum Gasteiger partial charge on any atom is 0.343 e. The van der Waals surface area contributed by atoms with Crippen molar-refractivity contribution in [3.63, 3.8) is 0 Å². The van der Waals surface area contributed by atoms with Gasteiger partial charge in [0.05, 0.1) is 15.4 Å². The molecule has 1 aliphatic rings. The van der Waals surface area contributed by atoms with Gasteiger partial charge in [-0.3, -0.25) is 14.9 Å². The zero-order valence-corrected chi connectivity index (χ0v) is 21.8. The Kier molecular flexibility index (Phi) is 8.00. The van der Waals surface area contributed by atoms with Crippen molar-refractivity contribution in [3.8, 4) is 5.75 Å². The highest BCUT2D eigenvalue weighted by molar-refractivity contribution is 9.10. The van der Waals surface area contributed by atoms with Gasteiger partial charge in [-0.2, -0.15) is 4.31 Å². The minimum Gasteiger partial charge on any atom is -0.423 e. The van der Waals surface area contributed by atoms with E-state index < -0.39 is 26.8 Å². The van der Waals surface area contributed by atoms with Gasteiger partial charge in [0, 0.05) is 47.0 Å². The summed E-state index contributed by atoms with van der Waals surface area (Å²) in [5, 5.41) is 13.4. The van der Waals surface area contributed by atoms with Gasteiger partial charge in [0.2, 0.25) is 10.0 Å². The fraction of sp³-hybridized carbons (Fsp3) is 0.200. The second-order valence-electron chi connectivity index (χ2n) is 8.29. The van der Waals surface area contributed by atoms with Crippen LogP contribution in [0.4, 0.5) is 11.4 Å². The van der Waals surface area contributed by atoms with Crippen molar-refractivity contribution in [2.45, 2.75) is 24.2 Å². The minimum absolute atomic E-state index is 0.00652. The average molecular weight is 588 g/mol. The van der Waals surface area contributed by atoms with E-state index in [-0.39, 0.29) is 27.5 Å². The van der Waals surface area contributed by atoms with Gasteiger partial charge < -0.3 is 10.1 Å². The molecule has 0 aromatic heterocycles. The highest BCUT2D eigenvalue weighted by atomic mass is 79.9. The third kappa shape index (κ3) is 6.21. The van der Waals surface area contributed by atoms with E-state index in [0.29, 0.717) is 23.2 Å². The van der Waals surface area contributed by atoms with Crippen LogP contribution in [0.3, 0.4) is 0 Å². The van der Waals surface area contributed by atoms with E-state index in [0.717, 1.165) is 19.3 Å². The lowest BCUT2D eigenvalue weighted by molar-refractivity contribution is -0.384. The molecule has 3 aromatic carbocycles. The molecule has 37 heavy (non-hydrogen) atoms. The first-order chi connectivity index (χ1) is 17.6. The van der Waals surface area contributed by atoms with E-state index in [2.05, 4.69) is 21.2 Å². The molecule has 0 saturated carbocycles. The number of hydrogen-bond donors (Lipinski definition) is 1. The fourth-order valence-electron chi connectivity index (χ4n) is 3.81. The molecule has 1 N–H and O–H groups in total. The smallest absolute Gasteiger partial charge is 0.343 e. The molecule has 0 radical (unpaired) electrons. The summed E-state index contributed by atoms with van der Waals surface area (Å²) < 4.78 is 33.5. The van der Waals surface area contributed by atoms with Gasteiger partial charge in [-0.15, -0.1) is 0 Å². The summed E-state index contributed by atoms with van der Waals surface area (Å²) in [7, 11) is -3.78. The molecular formula is C25H22BrN3O7S. The number of benzene rings is 3. The van der Waals surface area contributed by atoms with Gasteiger partial charge in [-0.05, 0) is 71.2 Å². The molecule has 0 spiro atoms. The lowest BCUT2D eigenvalue weighted by Gasteiger charge is -2.26. The van der Waals surface area contributed by atoms with E-state index in [1.54, 1.807) is 12.1 Å². The number of ether oxygens (including phenoxy) is 1. The second-order valence-corrected chi connectivity index (χ2v) is 11.0. The highest BCUT2D eigenvalue weighted by Gasteiger charge is 2.29. The molecule has 0 atom stereocenters. The molecule has 10 nitrogen and oxygen atoms in total. The predicted octanol–water partition coefficient (Wildman–Crippen LogP) is 5.00. The number of rotatable bonds is 7. The zero-order chi connectivity index (χ0) is 26.6. The van der Waals surface area contributed by atoms with Crippen molar-refractivity contribution in [3.05, 3.63) is 92.4 Å². The fourth-order valence-corrected chi connectivity index (χ4v) is 6.28. The first kappa shape index (κ1) is 26.5. The van der Waals surface area contributed by atoms with Crippen molar-refractivity contribution in [2.24, 2.45) is 0 Å². The largest absolute Gasteiger partial charge is 0.423 e. The Labute approximate surface area is 221 Å². The number of amides is 1.